The third-order valence-electron chi connectivity index (χ3n) is 8.17. The average Bonchev–Trinajstić information content (AvgIpc) is 2.93. The lowest BCUT2D eigenvalue weighted by atomic mass is 9.65. The Morgan fingerprint density at radius 2 is 0.711 bits per heavy atom. The number of hydrogen-bond acceptors (Lipinski definition) is 4. The van der Waals surface area contributed by atoms with Gasteiger partial charge in [-0.3, -0.25) is 0 Å². The molecule has 0 radical (unpaired) electrons. The third kappa shape index (κ3) is 5.50. The highest BCUT2D eigenvalue weighted by Crippen LogP contribution is 2.46. The van der Waals surface area contributed by atoms with Crippen LogP contribution in [-0.4, -0.2) is 20.4 Å². The molecule has 4 aromatic rings. The molecule has 4 heteroatoms. The Hall–Kier alpha value is -3.92. The maximum Gasteiger partial charge on any atom is 0.115 e. The minimum atomic E-state index is -0.288. The van der Waals surface area contributed by atoms with Crippen molar-refractivity contribution in [1.29, 1.82) is 0 Å². The Kier molecular flexibility index (Phi) is 8.31. The maximum absolute atomic E-state index is 10.00. The summed E-state index contributed by atoms with van der Waals surface area (Å²) in [7, 11) is 0. The molecule has 0 saturated heterocycles. The Balaban J connectivity index is 1.75. The van der Waals surface area contributed by atoms with Gasteiger partial charge in [0.2, 0.25) is 0 Å². The highest BCUT2D eigenvalue weighted by molar-refractivity contribution is 5.45. The van der Waals surface area contributed by atoms with Crippen molar-refractivity contribution in [3.05, 3.63) is 119 Å². The topological polar surface area (TPSA) is 80.9 Å². The molecule has 0 aliphatic carbocycles. The molecule has 198 valence electrons. The quantitative estimate of drug-likeness (QED) is 0.164. The maximum atomic E-state index is 10.00. The van der Waals surface area contributed by atoms with Crippen molar-refractivity contribution >= 4 is 0 Å². The van der Waals surface area contributed by atoms with Crippen molar-refractivity contribution in [3.63, 3.8) is 0 Å². The van der Waals surface area contributed by atoms with Gasteiger partial charge >= 0.3 is 0 Å². The van der Waals surface area contributed by atoms with Crippen LogP contribution in [-0.2, 0) is 10.8 Å². The van der Waals surface area contributed by atoms with E-state index >= 15 is 0 Å². The Bertz CT molecular complexity index is 1200. The summed E-state index contributed by atoms with van der Waals surface area (Å²) in [5, 5.41) is 39.9. The highest BCUT2D eigenvalue weighted by Gasteiger charge is 2.37. The SMILES string of the molecule is CCCC(CCCC(CC)(c1ccc(O)cc1)c1ccc(O)cc1)(c1ccc(O)cc1)c1ccc(O)cc1. The van der Waals surface area contributed by atoms with Crippen molar-refractivity contribution in [2.24, 2.45) is 0 Å². The first-order valence-corrected chi connectivity index (χ1v) is 13.5. The van der Waals surface area contributed by atoms with E-state index in [2.05, 4.69) is 13.8 Å². The first-order chi connectivity index (χ1) is 18.3. The Labute approximate surface area is 225 Å². The largest absolute Gasteiger partial charge is 0.508 e. The molecule has 4 aromatic carbocycles. The van der Waals surface area contributed by atoms with Crippen LogP contribution in [0.25, 0.3) is 0 Å². The van der Waals surface area contributed by atoms with E-state index in [-0.39, 0.29) is 33.8 Å². The second-order valence-corrected chi connectivity index (χ2v) is 10.3. The molecule has 0 bridgehead atoms. The number of benzene rings is 4. The molecular formula is C34H38O4. The van der Waals surface area contributed by atoms with E-state index < -0.39 is 0 Å². The van der Waals surface area contributed by atoms with Gasteiger partial charge in [-0.1, -0.05) is 75.2 Å². The number of aromatic hydroxyl groups is 4. The van der Waals surface area contributed by atoms with E-state index in [1.54, 1.807) is 48.5 Å². The van der Waals surface area contributed by atoms with E-state index in [0.717, 1.165) is 60.8 Å². The van der Waals surface area contributed by atoms with Crippen LogP contribution in [0.3, 0.4) is 0 Å². The lowest BCUT2D eigenvalue weighted by Crippen LogP contribution is -2.31. The lowest BCUT2D eigenvalue weighted by molar-refractivity contribution is 0.365. The van der Waals surface area contributed by atoms with Crippen LogP contribution in [0.4, 0.5) is 0 Å². The van der Waals surface area contributed by atoms with Crippen molar-refractivity contribution in [2.75, 3.05) is 0 Å². The molecule has 0 aromatic heterocycles. The van der Waals surface area contributed by atoms with Gasteiger partial charge in [-0.25, -0.2) is 0 Å². The van der Waals surface area contributed by atoms with Crippen molar-refractivity contribution < 1.29 is 20.4 Å². The molecule has 4 rings (SSSR count). The van der Waals surface area contributed by atoms with Gasteiger partial charge in [0.05, 0.1) is 0 Å². The van der Waals surface area contributed by atoms with Crippen LogP contribution in [0.5, 0.6) is 23.0 Å². The highest BCUT2D eigenvalue weighted by atomic mass is 16.3. The van der Waals surface area contributed by atoms with Crippen LogP contribution in [0.2, 0.25) is 0 Å². The van der Waals surface area contributed by atoms with Crippen LogP contribution < -0.4 is 0 Å². The second-order valence-electron chi connectivity index (χ2n) is 10.3. The van der Waals surface area contributed by atoms with E-state index in [0.29, 0.717) is 0 Å². The van der Waals surface area contributed by atoms with Gasteiger partial charge in [0.25, 0.3) is 0 Å². The summed E-state index contributed by atoms with van der Waals surface area (Å²) >= 11 is 0. The van der Waals surface area contributed by atoms with Crippen LogP contribution in [0.1, 0.15) is 74.6 Å². The fourth-order valence-electron chi connectivity index (χ4n) is 6.15. The predicted octanol–water partition coefficient (Wildman–Crippen LogP) is 8.16. The van der Waals surface area contributed by atoms with Crippen LogP contribution in [0.15, 0.2) is 97.1 Å². The van der Waals surface area contributed by atoms with E-state index in [1.165, 1.54) is 0 Å². The molecule has 38 heavy (non-hydrogen) atoms. The van der Waals surface area contributed by atoms with Crippen LogP contribution >= 0.6 is 0 Å². The molecule has 0 aliphatic rings. The van der Waals surface area contributed by atoms with E-state index in [4.69, 9.17) is 0 Å². The van der Waals surface area contributed by atoms with Gasteiger partial charge in [-0.2, -0.15) is 0 Å². The molecule has 0 heterocycles. The molecule has 0 aliphatic heterocycles. The average molecular weight is 511 g/mol. The van der Waals surface area contributed by atoms with Gasteiger partial charge in [0.15, 0.2) is 0 Å². The molecule has 0 amide bonds. The van der Waals surface area contributed by atoms with Gasteiger partial charge in [0.1, 0.15) is 23.0 Å². The zero-order valence-electron chi connectivity index (χ0n) is 22.3. The number of phenolic OH excluding ortho intramolecular Hbond substituents is 4. The molecule has 4 nitrogen and oxygen atoms in total. The van der Waals surface area contributed by atoms with Gasteiger partial charge in [-0.15, -0.1) is 0 Å². The zero-order chi connectivity index (χ0) is 27.2. The molecule has 0 spiro atoms. The summed E-state index contributed by atoms with van der Waals surface area (Å²) in [6.45, 7) is 4.39. The standard InChI is InChI=1S/C34H38O4/c1-3-22-34(27-10-18-31(37)19-11-27,28-12-20-32(38)21-13-28)24-5-23-33(4-2,25-6-14-29(35)15-7-25)26-8-16-30(36)17-9-26/h6-21,35-38H,3-5,22-24H2,1-2H3. The smallest absolute Gasteiger partial charge is 0.115 e. The summed E-state index contributed by atoms with van der Waals surface area (Å²) in [6.07, 6.45) is 5.45. The minimum absolute atomic E-state index is 0.242. The fourth-order valence-corrected chi connectivity index (χ4v) is 6.15. The normalized spacial score (nSPS) is 11.9. The summed E-state index contributed by atoms with van der Waals surface area (Å²) in [5.41, 5.74) is 4.01. The van der Waals surface area contributed by atoms with E-state index in [9.17, 15) is 20.4 Å². The minimum Gasteiger partial charge on any atom is -0.508 e. The van der Waals surface area contributed by atoms with Crippen molar-refractivity contribution in [2.45, 2.75) is 63.2 Å². The summed E-state index contributed by atoms with van der Waals surface area (Å²) in [4.78, 5) is 0. The first kappa shape index (κ1) is 27.1. The summed E-state index contributed by atoms with van der Waals surface area (Å²) in [6, 6.07) is 30.1. The Morgan fingerprint density at radius 1 is 0.421 bits per heavy atom. The number of rotatable bonds is 11. The molecule has 4 N–H and O–H groups in total. The van der Waals surface area contributed by atoms with Crippen molar-refractivity contribution in [1.82, 2.24) is 0 Å². The number of phenols is 4. The monoisotopic (exact) mass is 510 g/mol. The lowest BCUT2D eigenvalue weighted by Gasteiger charge is -2.39. The van der Waals surface area contributed by atoms with Gasteiger partial charge in [-0.05, 0) is 96.5 Å². The third-order valence-corrected chi connectivity index (χ3v) is 8.17. The van der Waals surface area contributed by atoms with Gasteiger partial charge in [0, 0.05) is 10.8 Å². The molecule has 0 saturated carbocycles. The molecule has 0 fully saturated rings. The Morgan fingerprint density at radius 3 is 1.00 bits per heavy atom. The predicted molar refractivity (Wildman–Crippen MR) is 153 cm³/mol. The fraction of sp³-hybridized carbons (Fsp3) is 0.294. The molecular weight excluding hydrogens is 472 g/mol. The molecule has 0 atom stereocenters. The van der Waals surface area contributed by atoms with Gasteiger partial charge < -0.3 is 20.4 Å². The second kappa shape index (κ2) is 11.6. The first-order valence-electron chi connectivity index (χ1n) is 13.5. The zero-order valence-corrected chi connectivity index (χ0v) is 22.3. The van der Waals surface area contributed by atoms with Crippen molar-refractivity contribution in [3.8, 4) is 23.0 Å². The van der Waals surface area contributed by atoms with E-state index in [1.807, 2.05) is 48.5 Å². The summed E-state index contributed by atoms with van der Waals surface area (Å²) in [5.74, 6) is 0.973. The number of hydrogen-bond donors (Lipinski definition) is 4. The summed E-state index contributed by atoms with van der Waals surface area (Å²) < 4.78 is 0. The molecule has 0 unspecified atom stereocenters. The van der Waals surface area contributed by atoms with Crippen LogP contribution in [0, 0.1) is 0 Å².